The standard InChI is InChI=1S/C23H23NO5/c25-14-22-10-23(11-22,20(26)27)13-24(12-22)21(28)29-9-19-17-7-3-1-5-15(17)16-6-2-4-8-18(16)19/h1-8,19,25H,9-14H2,(H,26,27). The molecule has 2 aliphatic heterocycles. The Morgan fingerprint density at radius 1 is 1.00 bits per heavy atom. The lowest BCUT2D eigenvalue weighted by Crippen LogP contribution is -2.68. The van der Waals surface area contributed by atoms with Crippen LogP contribution in [0.4, 0.5) is 4.79 Å². The number of ether oxygens (including phenoxy) is 1. The first-order chi connectivity index (χ1) is 14.0. The molecule has 2 N–H and O–H groups in total. The fraction of sp³-hybridized carbons (Fsp3) is 0.391. The van der Waals surface area contributed by atoms with Crippen LogP contribution in [0, 0.1) is 10.8 Å². The van der Waals surface area contributed by atoms with Gasteiger partial charge in [-0.3, -0.25) is 4.79 Å². The third-order valence-corrected chi connectivity index (χ3v) is 6.83. The van der Waals surface area contributed by atoms with Crippen LogP contribution >= 0.6 is 0 Å². The van der Waals surface area contributed by atoms with Crippen molar-refractivity contribution >= 4 is 12.1 Å². The largest absolute Gasteiger partial charge is 0.481 e. The average Bonchev–Trinajstić information content (AvgIpc) is 3.05. The summed E-state index contributed by atoms with van der Waals surface area (Å²) in [6.45, 7) is 0.570. The molecule has 0 spiro atoms. The number of nitrogens with zero attached hydrogens (tertiary/aromatic N) is 1. The maximum atomic E-state index is 12.8. The second-order valence-electron chi connectivity index (χ2n) is 8.76. The van der Waals surface area contributed by atoms with E-state index in [0.717, 1.165) is 22.3 Å². The van der Waals surface area contributed by atoms with Gasteiger partial charge in [0, 0.05) is 24.4 Å². The highest BCUT2D eigenvalue weighted by atomic mass is 16.6. The van der Waals surface area contributed by atoms with Gasteiger partial charge in [0.2, 0.25) is 0 Å². The summed E-state index contributed by atoms with van der Waals surface area (Å²) < 4.78 is 5.67. The number of benzene rings is 2. The number of carboxylic acid groups (broad SMARTS) is 1. The van der Waals surface area contributed by atoms with E-state index in [2.05, 4.69) is 24.3 Å². The Labute approximate surface area is 168 Å². The number of carboxylic acids is 1. The number of aliphatic hydroxyl groups is 1. The van der Waals surface area contributed by atoms with Gasteiger partial charge in [-0.15, -0.1) is 0 Å². The van der Waals surface area contributed by atoms with Crippen molar-refractivity contribution < 1.29 is 24.5 Å². The third kappa shape index (κ3) is 2.66. The Balaban J connectivity index is 1.33. The maximum absolute atomic E-state index is 12.8. The van der Waals surface area contributed by atoms with Gasteiger partial charge in [-0.1, -0.05) is 48.5 Å². The lowest BCUT2D eigenvalue weighted by Gasteiger charge is -2.60. The first-order valence-corrected chi connectivity index (χ1v) is 9.91. The van der Waals surface area contributed by atoms with E-state index in [1.807, 2.05) is 24.3 Å². The molecule has 150 valence electrons. The summed E-state index contributed by atoms with van der Waals surface area (Å²) in [4.78, 5) is 26.0. The molecule has 29 heavy (non-hydrogen) atoms. The van der Waals surface area contributed by atoms with Crippen molar-refractivity contribution in [1.82, 2.24) is 4.90 Å². The molecular formula is C23H23NO5. The molecule has 2 aliphatic carbocycles. The molecule has 6 heteroatoms. The monoisotopic (exact) mass is 393 g/mol. The predicted octanol–water partition coefficient (Wildman–Crippen LogP) is 3.09. The highest BCUT2D eigenvalue weighted by Crippen LogP contribution is 2.58. The van der Waals surface area contributed by atoms with E-state index in [1.165, 1.54) is 4.90 Å². The topological polar surface area (TPSA) is 87.1 Å². The Morgan fingerprint density at radius 2 is 1.59 bits per heavy atom. The van der Waals surface area contributed by atoms with Crippen molar-refractivity contribution in [3.05, 3.63) is 59.7 Å². The zero-order valence-corrected chi connectivity index (χ0v) is 16.0. The lowest BCUT2D eigenvalue weighted by atomic mass is 9.50. The van der Waals surface area contributed by atoms with Crippen molar-refractivity contribution in [2.45, 2.75) is 18.8 Å². The Morgan fingerprint density at radius 3 is 2.14 bits per heavy atom. The predicted molar refractivity (Wildman–Crippen MR) is 105 cm³/mol. The van der Waals surface area contributed by atoms with Crippen LogP contribution in [0.15, 0.2) is 48.5 Å². The van der Waals surface area contributed by atoms with Crippen LogP contribution in [-0.2, 0) is 9.53 Å². The van der Waals surface area contributed by atoms with Crippen LogP contribution < -0.4 is 0 Å². The van der Waals surface area contributed by atoms with Gasteiger partial charge in [-0.05, 0) is 35.1 Å². The van der Waals surface area contributed by atoms with Gasteiger partial charge in [0.25, 0.3) is 0 Å². The first-order valence-electron chi connectivity index (χ1n) is 9.91. The first kappa shape index (κ1) is 18.2. The van der Waals surface area contributed by atoms with E-state index in [4.69, 9.17) is 4.74 Å². The lowest BCUT2D eigenvalue weighted by molar-refractivity contribution is -0.189. The van der Waals surface area contributed by atoms with Crippen molar-refractivity contribution in [2.75, 3.05) is 26.3 Å². The molecule has 0 unspecified atom stereocenters. The van der Waals surface area contributed by atoms with Crippen LogP contribution in [-0.4, -0.2) is 53.5 Å². The fourth-order valence-electron chi connectivity index (χ4n) is 5.63. The molecule has 2 aromatic carbocycles. The summed E-state index contributed by atoms with van der Waals surface area (Å²) in [6, 6.07) is 16.3. The van der Waals surface area contributed by atoms with Crippen molar-refractivity contribution in [2.24, 2.45) is 10.8 Å². The van der Waals surface area contributed by atoms with Crippen LogP contribution in [0.5, 0.6) is 0 Å². The van der Waals surface area contributed by atoms with Crippen LogP contribution in [0.2, 0.25) is 0 Å². The second kappa shape index (κ2) is 6.32. The normalized spacial score (nSPS) is 27.0. The van der Waals surface area contributed by atoms with E-state index >= 15 is 0 Å². The number of carbonyl (C=O) groups is 2. The van der Waals surface area contributed by atoms with Crippen molar-refractivity contribution in [3.63, 3.8) is 0 Å². The molecule has 4 aliphatic rings. The van der Waals surface area contributed by atoms with Gasteiger partial charge in [-0.25, -0.2) is 4.79 Å². The van der Waals surface area contributed by atoms with Gasteiger partial charge in [0.1, 0.15) is 6.61 Å². The molecule has 3 fully saturated rings. The van der Waals surface area contributed by atoms with E-state index < -0.39 is 22.9 Å². The number of hydrogen-bond acceptors (Lipinski definition) is 4. The molecule has 6 nitrogen and oxygen atoms in total. The van der Waals surface area contributed by atoms with Crippen LogP contribution in [0.1, 0.15) is 29.9 Å². The zero-order chi connectivity index (χ0) is 20.2. The minimum absolute atomic E-state index is 0.0362. The average molecular weight is 393 g/mol. The molecule has 0 aromatic heterocycles. The summed E-state index contributed by atoms with van der Waals surface area (Å²) in [6.07, 6.45) is 0.326. The molecule has 1 saturated carbocycles. The Bertz CT molecular complexity index is 949. The molecule has 2 saturated heterocycles. The number of aliphatic carboxylic acids is 1. The maximum Gasteiger partial charge on any atom is 0.409 e. The summed E-state index contributed by atoms with van der Waals surface area (Å²) in [5, 5.41) is 19.3. The number of carbonyl (C=O) groups excluding carboxylic acids is 1. The SMILES string of the molecule is O=C(OCC1c2ccccc2-c2ccccc21)N1CC2(CO)CC(C(=O)O)(C1)C2. The number of hydrogen-bond donors (Lipinski definition) is 2. The van der Waals surface area contributed by atoms with Gasteiger partial charge < -0.3 is 19.8 Å². The van der Waals surface area contributed by atoms with E-state index in [1.54, 1.807) is 0 Å². The van der Waals surface area contributed by atoms with Crippen molar-refractivity contribution in [3.8, 4) is 11.1 Å². The molecular weight excluding hydrogens is 370 g/mol. The zero-order valence-electron chi connectivity index (χ0n) is 16.0. The third-order valence-electron chi connectivity index (χ3n) is 6.83. The van der Waals surface area contributed by atoms with E-state index in [9.17, 15) is 19.8 Å². The molecule has 2 aromatic rings. The number of piperidine rings is 2. The number of rotatable bonds is 4. The number of fused-ring (bicyclic) bond motifs is 5. The smallest absolute Gasteiger partial charge is 0.409 e. The molecule has 0 atom stereocenters. The van der Waals surface area contributed by atoms with E-state index in [0.29, 0.717) is 19.4 Å². The van der Waals surface area contributed by atoms with Gasteiger partial charge in [0.05, 0.1) is 12.0 Å². The highest BCUT2D eigenvalue weighted by Gasteiger charge is 2.64. The minimum atomic E-state index is -0.952. The number of amides is 1. The summed E-state index contributed by atoms with van der Waals surface area (Å²) >= 11 is 0. The summed E-state index contributed by atoms with van der Waals surface area (Å²) in [5.41, 5.74) is 3.13. The second-order valence-corrected chi connectivity index (χ2v) is 8.76. The molecule has 1 amide bonds. The molecule has 0 radical (unpaired) electrons. The summed E-state index contributed by atoms with van der Waals surface area (Å²) in [5.74, 6) is -0.941. The summed E-state index contributed by atoms with van der Waals surface area (Å²) in [7, 11) is 0. The van der Waals surface area contributed by atoms with E-state index in [-0.39, 0.29) is 25.7 Å². The highest BCUT2D eigenvalue weighted by molar-refractivity contribution is 5.80. The van der Waals surface area contributed by atoms with Gasteiger partial charge >= 0.3 is 12.1 Å². The van der Waals surface area contributed by atoms with Crippen molar-refractivity contribution in [1.29, 1.82) is 0 Å². The van der Waals surface area contributed by atoms with Gasteiger partial charge in [-0.2, -0.15) is 0 Å². The van der Waals surface area contributed by atoms with Gasteiger partial charge in [0.15, 0.2) is 0 Å². The van der Waals surface area contributed by atoms with Crippen LogP contribution in [0.25, 0.3) is 11.1 Å². The molecule has 2 bridgehead atoms. The quantitative estimate of drug-likeness (QED) is 0.834. The number of aliphatic hydroxyl groups excluding tert-OH is 1. The Kier molecular flexibility index (Phi) is 3.96. The molecule has 2 heterocycles. The van der Waals surface area contributed by atoms with Crippen LogP contribution in [0.3, 0.4) is 0 Å². The molecule has 6 rings (SSSR count). The fourth-order valence-corrected chi connectivity index (χ4v) is 5.63. The Hall–Kier alpha value is -2.86. The minimum Gasteiger partial charge on any atom is -0.481 e.